The minimum absolute atomic E-state index is 0.0368. The second kappa shape index (κ2) is 4.62. The first-order chi connectivity index (χ1) is 7.79. The average Bonchev–Trinajstić information content (AvgIpc) is 2.29. The summed E-state index contributed by atoms with van der Waals surface area (Å²) in [6.07, 6.45) is 1.93. The summed E-state index contributed by atoms with van der Waals surface area (Å²) in [6.45, 7) is 3.53. The second-order valence-electron chi connectivity index (χ2n) is 3.60. The van der Waals surface area contributed by atoms with Crippen LogP contribution in [0.1, 0.15) is 6.42 Å². The molecule has 2 aromatic carbocycles. The Labute approximate surface area is 94.6 Å². The average molecular weight is 211 g/mol. The molecule has 2 aromatic rings. The molecule has 0 aliphatic heterocycles. The topological polar surface area (TPSA) is 29.1 Å². The molecular weight excluding hydrogens is 198 g/mol. The van der Waals surface area contributed by atoms with Gasteiger partial charge < -0.3 is 5.32 Å². The molecule has 0 aliphatic carbocycles. The van der Waals surface area contributed by atoms with E-state index in [1.807, 2.05) is 42.5 Å². The fourth-order valence-electron chi connectivity index (χ4n) is 1.61. The molecule has 0 heterocycles. The summed E-state index contributed by atoms with van der Waals surface area (Å²) in [6, 6.07) is 13.9. The monoisotopic (exact) mass is 211 g/mol. The van der Waals surface area contributed by atoms with Crippen LogP contribution in [0, 0.1) is 0 Å². The van der Waals surface area contributed by atoms with Gasteiger partial charge in [0, 0.05) is 12.1 Å². The van der Waals surface area contributed by atoms with Gasteiger partial charge in [0.1, 0.15) is 0 Å². The number of benzene rings is 2. The molecule has 80 valence electrons. The van der Waals surface area contributed by atoms with E-state index in [1.54, 1.807) is 6.08 Å². The number of carbonyl (C=O) groups excluding carboxylic acids is 1. The van der Waals surface area contributed by atoms with E-state index < -0.39 is 0 Å². The number of fused-ring (bicyclic) bond motifs is 1. The van der Waals surface area contributed by atoms with E-state index in [4.69, 9.17) is 0 Å². The van der Waals surface area contributed by atoms with E-state index in [1.165, 1.54) is 5.39 Å². The van der Waals surface area contributed by atoms with Gasteiger partial charge in [0.2, 0.25) is 5.91 Å². The van der Waals surface area contributed by atoms with Crippen molar-refractivity contribution in [2.45, 2.75) is 6.42 Å². The molecule has 0 saturated heterocycles. The SMILES string of the molecule is C=CCC(=O)Nc1ccc2ccccc2c1. The number of nitrogens with one attached hydrogen (secondary N) is 1. The molecule has 1 amide bonds. The molecule has 0 radical (unpaired) electrons. The fourth-order valence-corrected chi connectivity index (χ4v) is 1.61. The van der Waals surface area contributed by atoms with Gasteiger partial charge in [-0.05, 0) is 22.9 Å². The smallest absolute Gasteiger partial charge is 0.228 e. The van der Waals surface area contributed by atoms with Gasteiger partial charge in [0.15, 0.2) is 0 Å². The van der Waals surface area contributed by atoms with E-state index in [0.29, 0.717) is 6.42 Å². The van der Waals surface area contributed by atoms with Crippen molar-refractivity contribution in [3.8, 4) is 0 Å². The van der Waals surface area contributed by atoms with Crippen molar-refractivity contribution in [3.05, 3.63) is 55.1 Å². The van der Waals surface area contributed by atoms with Gasteiger partial charge in [-0.25, -0.2) is 0 Å². The summed E-state index contributed by atoms with van der Waals surface area (Å²) in [5.74, 6) is -0.0368. The van der Waals surface area contributed by atoms with Crippen LogP contribution in [0.15, 0.2) is 55.1 Å². The number of rotatable bonds is 3. The molecule has 2 heteroatoms. The summed E-state index contributed by atoms with van der Waals surface area (Å²) < 4.78 is 0. The van der Waals surface area contributed by atoms with E-state index in [-0.39, 0.29) is 5.91 Å². The summed E-state index contributed by atoms with van der Waals surface area (Å²) in [7, 11) is 0. The quantitative estimate of drug-likeness (QED) is 0.775. The predicted molar refractivity (Wildman–Crippen MR) is 67.4 cm³/mol. The Balaban J connectivity index is 2.25. The number of anilines is 1. The van der Waals surface area contributed by atoms with Crippen LogP contribution >= 0.6 is 0 Å². The van der Waals surface area contributed by atoms with Crippen LogP contribution in [0.25, 0.3) is 10.8 Å². The zero-order valence-corrected chi connectivity index (χ0v) is 8.94. The van der Waals surface area contributed by atoms with E-state index >= 15 is 0 Å². The minimum Gasteiger partial charge on any atom is -0.326 e. The fraction of sp³-hybridized carbons (Fsp3) is 0.0714. The lowest BCUT2D eigenvalue weighted by molar-refractivity contribution is -0.115. The highest BCUT2D eigenvalue weighted by Gasteiger charge is 2.00. The number of hydrogen-bond acceptors (Lipinski definition) is 1. The number of hydrogen-bond donors (Lipinski definition) is 1. The predicted octanol–water partition coefficient (Wildman–Crippen LogP) is 3.35. The summed E-state index contributed by atoms with van der Waals surface area (Å²) >= 11 is 0. The Morgan fingerprint density at radius 2 is 1.94 bits per heavy atom. The standard InChI is InChI=1S/C14H13NO/c1-2-5-14(16)15-13-9-8-11-6-3-4-7-12(11)10-13/h2-4,6-10H,1,5H2,(H,15,16). The highest BCUT2D eigenvalue weighted by molar-refractivity contribution is 5.94. The first-order valence-electron chi connectivity index (χ1n) is 5.19. The third-order valence-electron chi connectivity index (χ3n) is 2.36. The van der Waals surface area contributed by atoms with Gasteiger partial charge in [-0.2, -0.15) is 0 Å². The molecule has 0 fully saturated rings. The number of carbonyl (C=O) groups is 1. The summed E-state index contributed by atoms with van der Waals surface area (Å²) in [4.78, 5) is 11.4. The molecule has 0 aromatic heterocycles. The van der Waals surface area contributed by atoms with E-state index in [2.05, 4.69) is 11.9 Å². The third kappa shape index (κ3) is 2.28. The Kier molecular flexibility index (Phi) is 3.01. The molecule has 0 spiro atoms. The van der Waals surface area contributed by atoms with Crippen molar-refractivity contribution in [2.75, 3.05) is 5.32 Å². The molecule has 0 aliphatic rings. The van der Waals surface area contributed by atoms with E-state index in [9.17, 15) is 4.79 Å². The lowest BCUT2D eigenvalue weighted by Gasteiger charge is -2.05. The summed E-state index contributed by atoms with van der Waals surface area (Å²) in [5.41, 5.74) is 0.825. The third-order valence-corrected chi connectivity index (χ3v) is 2.36. The molecule has 16 heavy (non-hydrogen) atoms. The van der Waals surface area contributed by atoms with Crippen molar-refractivity contribution < 1.29 is 4.79 Å². The van der Waals surface area contributed by atoms with Gasteiger partial charge in [0.05, 0.1) is 0 Å². The van der Waals surface area contributed by atoms with Gasteiger partial charge >= 0.3 is 0 Å². The zero-order valence-electron chi connectivity index (χ0n) is 8.94. The normalized spacial score (nSPS) is 10.0. The molecule has 0 saturated carbocycles. The zero-order chi connectivity index (χ0) is 11.4. The van der Waals surface area contributed by atoms with Crippen LogP contribution in [-0.4, -0.2) is 5.91 Å². The lowest BCUT2D eigenvalue weighted by atomic mass is 10.1. The van der Waals surface area contributed by atoms with Crippen molar-refractivity contribution in [1.29, 1.82) is 0 Å². The maximum absolute atomic E-state index is 11.4. The van der Waals surface area contributed by atoms with Crippen molar-refractivity contribution in [3.63, 3.8) is 0 Å². The van der Waals surface area contributed by atoms with Crippen LogP contribution in [0.5, 0.6) is 0 Å². The maximum Gasteiger partial charge on any atom is 0.228 e. The van der Waals surface area contributed by atoms with Crippen molar-refractivity contribution in [1.82, 2.24) is 0 Å². The molecule has 2 rings (SSSR count). The highest BCUT2D eigenvalue weighted by Crippen LogP contribution is 2.18. The largest absolute Gasteiger partial charge is 0.326 e. The van der Waals surface area contributed by atoms with Crippen molar-refractivity contribution >= 4 is 22.4 Å². The van der Waals surface area contributed by atoms with Crippen LogP contribution in [0.2, 0.25) is 0 Å². The first kappa shape index (κ1) is 10.4. The van der Waals surface area contributed by atoms with Gasteiger partial charge in [-0.3, -0.25) is 4.79 Å². The second-order valence-corrected chi connectivity index (χ2v) is 3.60. The Morgan fingerprint density at radius 3 is 2.69 bits per heavy atom. The molecule has 0 atom stereocenters. The van der Waals surface area contributed by atoms with E-state index in [0.717, 1.165) is 11.1 Å². The molecule has 0 unspecified atom stereocenters. The minimum atomic E-state index is -0.0368. The lowest BCUT2D eigenvalue weighted by Crippen LogP contribution is -2.09. The van der Waals surface area contributed by atoms with Crippen LogP contribution in [0.4, 0.5) is 5.69 Å². The molecule has 1 N–H and O–H groups in total. The Morgan fingerprint density at radius 1 is 1.19 bits per heavy atom. The van der Waals surface area contributed by atoms with Crippen molar-refractivity contribution in [2.24, 2.45) is 0 Å². The molecule has 0 bridgehead atoms. The molecule has 2 nitrogen and oxygen atoms in total. The van der Waals surface area contributed by atoms with Crippen LogP contribution < -0.4 is 5.32 Å². The maximum atomic E-state index is 11.4. The van der Waals surface area contributed by atoms with Crippen LogP contribution in [0.3, 0.4) is 0 Å². The first-order valence-corrected chi connectivity index (χ1v) is 5.19. The van der Waals surface area contributed by atoms with Crippen LogP contribution in [-0.2, 0) is 4.79 Å². The highest BCUT2D eigenvalue weighted by atomic mass is 16.1. The molecular formula is C14H13NO. The summed E-state index contributed by atoms with van der Waals surface area (Å²) in [5, 5.41) is 5.12. The number of amides is 1. The van der Waals surface area contributed by atoms with Gasteiger partial charge in [0.25, 0.3) is 0 Å². The Hall–Kier alpha value is -2.09. The van der Waals surface area contributed by atoms with Gasteiger partial charge in [-0.1, -0.05) is 36.4 Å². The van der Waals surface area contributed by atoms with Gasteiger partial charge in [-0.15, -0.1) is 6.58 Å². The Bertz CT molecular complexity index is 531.